The Hall–Kier alpha value is -2.28. The molecule has 0 aliphatic heterocycles. The Labute approximate surface area is 97.7 Å². The Morgan fingerprint density at radius 1 is 1.47 bits per heavy atom. The fraction of sp³-hybridized carbons (Fsp3) is 0.200. The Kier molecular flexibility index (Phi) is 3.10. The topological polar surface area (TPSA) is 98.7 Å². The first-order valence-corrected chi connectivity index (χ1v) is 5.04. The highest BCUT2D eigenvalue weighted by molar-refractivity contribution is 5.91. The van der Waals surface area contributed by atoms with Crippen molar-refractivity contribution in [2.75, 3.05) is 7.05 Å². The van der Waals surface area contributed by atoms with E-state index in [2.05, 4.69) is 20.4 Å². The lowest BCUT2D eigenvalue weighted by molar-refractivity contribution is 0.0957. The van der Waals surface area contributed by atoms with Gasteiger partial charge in [-0.05, 0) is 6.07 Å². The summed E-state index contributed by atoms with van der Waals surface area (Å²) >= 11 is 0. The molecule has 2 aromatic rings. The van der Waals surface area contributed by atoms with E-state index in [1.54, 1.807) is 31.7 Å². The van der Waals surface area contributed by atoms with Crippen LogP contribution in [-0.2, 0) is 6.54 Å². The summed E-state index contributed by atoms with van der Waals surface area (Å²) in [5.74, 6) is 0.284. The van der Waals surface area contributed by atoms with Gasteiger partial charge in [0.25, 0.3) is 5.91 Å². The minimum Gasteiger partial charge on any atom is -0.354 e. The predicted molar refractivity (Wildman–Crippen MR) is 60.4 cm³/mol. The van der Waals surface area contributed by atoms with Crippen molar-refractivity contribution in [3.05, 3.63) is 36.0 Å². The van der Waals surface area contributed by atoms with Gasteiger partial charge >= 0.3 is 0 Å². The maximum absolute atomic E-state index is 11.4. The molecule has 7 heteroatoms. The van der Waals surface area contributed by atoms with E-state index in [9.17, 15) is 4.79 Å². The van der Waals surface area contributed by atoms with E-state index < -0.39 is 0 Å². The van der Waals surface area contributed by atoms with Gasteiger partial charge in [-0.1, -0.05) is 0 Å². The van der Waals surface area contributed by atoms with Crippen LogP contribution in [0.2, 0.25) is 0 Å². The molecule has 0 unspecified atom stereocenters. The molecule has 0 radical (unpaired) electrons. The number of amides is 1. The molecular formula is C10H12N6O. The molecule has 0 aromatic carbocycles. The van der Waals surface area contributed by atoms with Crippen molar-refractivity contribution in [1.29, 1.82) is 0 Å². The van der Waals surface area contributed by atoms with Crippen molar-refractivity contribution in [2.45, 2.75) is 6.54 Å². The molecule has 0 aliphatic carbocycles. The highest BCUT2D eigenvalue weighted by Gasteiger charge is 2.11. The van der Waals surface area contributed by atoms with Crippen LogP contribution in [0.1, 0.15) is 16.2 Å². The van der Waals surface area contributed by atoms with E-state index in [4.69, 9.17) is 5.73 Å². The van der Waals surface area contributed by atoms with E-state index >= 15 is 0 Å². The molecule has 0 fully saturated rings. The first-order valence-electron chi connectivity index (χ1n) is 5.04. The number of nitrogens with zero attached hydrogens (tertiary/aromatic N) is 4. The number of hydrogen-bond acceptors (Lipinski definition) is 5. The van der Waals surface area contributed by atoms with Crippen molar-refractivity contribution in [2.24, 2.45) is 5.73 Å². The maximum Gasteiger partial charge on any atom is 0.271 e. The van der Waals surface area contributed by atoms with Gasteiger partial charge < -0.3 is 11.1 Å². The third-order valence-corrected chi connectivity index (χ3v) is 2.21. The highest BCUT2D eigenvalue weighted by Crippen LogP contribution is 2.07. The van der Waals surface area contributed by atoms with Gasteiger partial charge in [0.1, 0.15) is 0 Å². The average Bonchev–Trinajstić information content (AvgIpc) is 2.87. The van der Waals surface area contributed by atoms with E-state index in [0.717, 1.165) is 0 Å². The van der Waals surface area contributed by atoms with Crippen LogP contribution >= 0.6 is 0 Å². The molecule has 0 bridgehead atoms. The lowest BCUT2D eigenvalue weighted by Crippen LogP contribution is -2.19. The van der Waals surface area contributed by atoms with Gasteiger partial charge in [-0.3, -0.25) is 9.78 Å². The number of carbonyl (C=O) groups excluding carboxylic acids is 1. The third kappa shape index (κ3) is 2.13. The summed E-state index contributed by atoms with van der Waals surface area (Å²) in [6, 6.07) is 1.60. The normalized spacial score (nSPS) is 10.2. The molecule has 0 spiro atoms. The summed E-state index contributed by atoms with van der Waals surface area (Å²) in [5, 5.41) is 6.61. The highest BCUT2D eigenvalue weighted by atomic mass is 16.1. The van der Waals surface area contributed by atoms with E-state index in [1.807, 2.05) is 0 Å². The summed E-state index contributed by atoms with van der Waals surface area (Å²) < 4.78 is 1.49. The molecule has 0 atom stereocenters. The maximum atomic E-state index is 11.4. The van der Waals surface area contributed by atoms with Gasteiger partial charge in [0.05, 0.1) is 5.69 Å². The quantitative estimate of drug-likeness (QED) is 0.742. The van der Waals surface area contributed by atoms with Crippen LogP contribution in [0.3, 0.4) is 0 Å². The van der Waals surface area contributed by atoms with Gasteiger partial charge in [-0.2, -0.15) is 5.10 Å². The second-order valence-corrected chi connectivity index (χ2v) is 3.26. The largest absolute Gasteiger partial charge is 0.354 e. The second-order valence-electron chi connectivity index (χ2n) is 3.26. The average molecular weight is 232 g/mol. The summed E-state index contributed by atoms with van der Waals surface area (Å²) in [7, 11) is 1.55. The van der Waals surface area contributed by atoms with Gasteiger partial charge in [-0.15, -0.1) is 0 Å². The zero-order chi connectivity index (χ0) is 12.3. The van der Waals surface area contributed by atoms with E-state index in [0.29, 0.717) is 17.2 Å². The fourth-order valence-corrected chi connectivity index (χ4v) is 1.39. The van der Waals surface area contributed by atoms with Crippen molar-refractivity contribution in [1.82, 2.24) is 25.1 Å². The van der Waals surface area contributed by atoms with Gasteiger partial charge in [0, 0.05) is 32.2 Å². The lowest BCUT2D eigenvalue weighted by atomic mass is 10.4. The Bertz CT molecular complexity index is 535. The smallest absolute Gasteiger partial charge is 0.271 e. The Balaban J connectivity index is 2.40. The number of nitrogens with two attached hydrogens (primary N) is 1. The van der Waals surface area contributed by atoms with Gasteiger partial charge in [0.15, 0.2) is 11.5 Å². The molecule has 17 heavy (non-hydrogen) atoms. The minimum absolute atomic E-state index is 0.248. The van der Waals surface area contributed by atoms with Gasteiger partial charge in [0.2, 0.25) is 0 Å². The molecule has 0 saturated carbocycles. The molecular weight excluding hydrogens is 220 g/mol. The third-order valence-electron chi connectivity index (χ3n) is 2.21. The van der Waals surface area contributed by atoms with Crippen LogP contribution in [-0.4, -0.2) is 32.7 Å². The number of hydrogen-bond donors (Lipinski definition) is 2. The van der Waals surface area contributed by atoms with Crippen LogP contribution in [0.4, 0.5) is 0 Å². The summed E-state index contributed by atoms with van der Waals surface area (Å²) in [6.07, 6.45) is 4.76. The molecule has 3 N–H and O–H groups in total. The molecule has 2 aromatic heterocycles. The molecule has 7 nitrogen and oxygen atoms in total. The first kappa shape index (κ1) is 11.2. The number of carbonyl (C=O) groups is 1. The van der Waals surface area contributed by atoms with Crippen molar-refractivity contribution in [3.63, 3.8) is 0 Å². The van der Waals surface area contributed by atoms with Crippen LogP contribution in [0.5, 0.6) is 0 Å². The van der Waals surface area contributed by atoms with Crippen LogP contribution in [0, 0.1) is 0 Å². The first-order chi connectivity index (χ1) is 8.26. The van der Waals surface area contributed by atoms with Gasteiger partial charge in [-0.25, -0.2) is 9.67 Å². The van der Waals surface area contributed by atoms with Crippen molar-refractivity contribution < 1.29 is 4.79 Å². The van der Waals surface area contributed by atoms with Crippen LogP contribution < -0.4 is 11.1 Å². The van der Waals surface area contributed by atoms with E-state index in [1.165, 1.54) is 4.68 Å². The zero-order valence-corrected chi connectivity index (χ0v) is 9.29. The molecule has 0 aliphatic rings. The monoisotopic (exact) mass is 232 g/mol. The summed E-state index contributed by atoms with van der Waals surface area (Å²) in [4.78, 5) is 19.6. The predicted octanol–water partition coefficient (Wildman–Crippen LogP) is -0.519. The number of rotatable bonds is 3. The molecule has 88 valence electrons. The fourth-order valence-electron chi connectivity index (χ4n) is 1.39. The standard InChI is InChI=1S/C10H12N6O/c1-12-10(17)7-2-5-16(15-7)9-8(6-11)13-3-4-14-9/h2-5H,6,11H2,1H3,(H,12,17). The Morgan fingerprint density at radius 2 is 2.24 bits per heavy atom. The second kappa shape index (κ2) is 4.71. The minimum atomic E-state index is -0.248. The SMILES string of the molecule is CNC(=O)c1ccn(-c2nccnc2CN)n1. The zero-order valence-electron chi connectivity index (χ0n) is 9.29. The summed E-state index contributed by atoms with van der Waals surface area (Å²) in [5.41, 5.74) is 6.50. The lowest BCUT2D eigenvalue weighted by Gasteiger charge is -2.04. The van der Waals surface area contributed by atoms with Crippen molar-refractivity contribution >= 4 is 5.91 Å². The summed E-state index contributed by atoms with van der Waals surface area (Å²) in [6.45, 7) is 0.262. The molecule has 2 rings (SSSR count). The number of nitrogens with one attached hydrogen (secondary N) is 1. The van der Waals surface area contributed by atoms with Crippen molar-refractivity contribution in [3.8, 4) is 5.82 Å². The Morgan fingerprint density at radius 3 is 2.94 bits per heavy atom. The molecule has 0 saturated heterocycles. The molecule has 2 heterocycles. The van der Waals surface area contributed by atoms with E-state index in [-0.39, 0.29) is 12.5 Å². The molecule has 1 amide bonds. The van der Waals surface area contributed by atoms with Crippen LogP contribution in [0.15, 0.2) is 24.7 Å². The van der Waals surface area contributed by atoms with Crippen LogP contribution in [0.25, 0.3) is 5.82 Å². The number of aromatic nitrogens is 4.